The topological polar surface area (TPSA) is 104 Å². The van der Waals surface area contributed by atoms with Gasteiger partial charge in [0.25, 0.3) is 0 Å². The van der Waals surface area contributed by atoms with Crippen molar-refractivity contribution in [1.82, 2.24) is 9.62 Å². The van der Waals surface area contributed by atoms with Crippen molar-refractivity contribution < 1.29 is 23.1 Å². The highest BCUT2D eigenvalue weighted by molar-refractivity contribution is 7.88. The number of amides is 1. The summed E-state index contributed by atoms with van der Waals surface area (Å²) in [6, 6.07) is 0. The van der Waals surface area contributed by atoms with Crippen LogP contribution in [0.15, 0.2) is 12.2 Å². The van der Waals surface area contributed by atoms with Gasteiger partial charge in [-0.05, 0) is 18.8 Å². The molecule has 0 aromatic rings. The van der Waals surface area contributed by atoms with E-state index in [1.165, 1.54) is 4.90 Å². The Bertz CT molecular complexity index is 471. The second-order valence-corrected chi connectivity index (χ2v) is 6.42. The molecule has 1 aliphatic heterocycles. The monoisotopic (exact) mass is 290 g/mol. The molecule has 0 radical (unpaired) electrons. The van der Waals surface area contributed by atoms with Crippen molar-refractivity contribution in [2.24, 2.45) is 5.92 Å². The number of carbonyl (C=O) groups excluding carboxylic acids is 1. The van der Waals surface area contributed by atoms with Crippen molar-refractivity contribution in [2.75, 3.05) is 25.9 Å². The zero-order valence-electron chi connectivity index (χ0n) is 10.7. The molecule has 0 saturated carbocycles. The number of rotatable bonds is 5. The van der Waals surface area contributed by atoms with Crippen LogP contribution >= 0.6 is 0 Å². The Labute approximate surface area is 112 Å². The molecule has 1 atom stereocenters. The number of sulfonamides is 1. The van der Waals surface area contributed by atoms with Gasteiger partial charge in [0.05, 0.1) is 6.26 Å². The van der Waals surface area contributed by atoms with Crippen LogP contribution < -0.4 is 4.72 Å². The standard InChI is InChI=1S/C11H18N2O5S/c1-19(17,18)12-7-9-3-2-6-13(8-9)10(14)4-5-11(15)16/h4-5,9,12H,2-3,6-8H2,1H3,(H,15,16)/b5-4+. The highest BCUT2D eigenvalue weighted by Gasteiger charge is 2.23. The van der Waals surface area contributed by atoms with E-state index in [-0.39, 0.29) is 11.8 Å². The summed E-state index contributed by atoms with van der Waals surface area (Å²) in [5, 5.41) is 8.45. The third-order valence-corrected chi connectivity index (χ3v) is 3.52. The Balaban J connectivity index is 2.50. The SMILES string of the molecule is CS(=O)(=O)NCC1CCCN(C(=O)/C=C/C(=O)O)C1. The van der Waals surface area contributed by atoms with Crippen molar-refractivity contribution in [2.45, 2.75) is 12.8 Å². The number of nitrogens with zero attached hydrogens (tertiary/aromatic N) is 1. The molecule has 0 aromatic heterocycles. The van der Waals surface area contributed by atoms with Crippen molar-refractivity contribution >= 4 is 21.9 Å². The minimum atomic E-state index is -3.23. The van der Waals surface area contributed by atoms with E-state index in [4.69, 9.17) is 5.11 Å². The van der Waals surface area contributed by atoms with E-state index in [0.29, 0.717) is 19.6 Å². The second kappa shape index (κ2) is 6.67. The van der Waals surface area contributed by atoms with Crippen LogP contribution in [0.3, 0.4) is 0 Å². The van der Waals surface area contributed by atoms with E-state index in [2.05, 4.69) is 4.72 Å². The molecule has 1 unspecified atom stereocenters. The van der Waals surface area contributed by atoms with Crippen LogP contribution in [0.1, 0.15) is 12.8 Å². The van der Waals surface area contributed by atoms with Crippen LogP contribution in [0.25, 0.3) is 0 Å². The molecule has 0 aliphatic carbocycles. The van der Waals surface area contributed by atoms with Gasteiger partial charge in [0.15, 0.2) is 0 Å². The van der Waals surface area contributed by atoms with E-state index in [1.807, 2.05) is 0 Å². The summed E-state index contributed by atoms with van der Waals surface area (Å²) in [6.45, 7) is 1.30. The first kappa shape index (κ1) is 15.6. The number of likely N-dealkylation sites (tertiary alicyclic amines) is 1. The molecule has 1 saturated heterocycles. The molecule has 19 heavy (non-hydrogen) atoms. The largest absolute Gasteiger partial charge is 0.478 e. The summed E-state index contributed by atoms with van der Waals surface area (Å²) < 4.78 is 24.4. The number of piperidine rings is 1. The second-order valence-electron chi connectivity index (χ2n) is 4.58. The summed E-state index contributed by atoms with van der Waals surface area (Å²) in [6.07, 6.45) is 4.54. The highest BCUT2D eigenvalue weighted by atomic mass is 32.2. The molecule has 1 heterocycles. The van der Waals surface area contributed by atoms with Crippen molar-refractivity contribution in [3.8, 4) is 0 Å². The lowest BCUT2D eigenvalue weighted by atomic mass is 9.98. The third kappa shape index (κ3) is 6.35. The molecule has 0 bridgehead atoms. The normalized spacial score (nSPS) is 20.7. The average molecular weight is 290 g/mol. The minimum absolute atomic E-state index is 0.0608. The van der Waals surface area contributed by atoms with E-state index in [9.17, 15) is 18.0 Å². The number of nitrogens with one attached hydrogen (secondary N) is 1. The molecule has 108 valence electrons. The number of hydrogen-bond donors (Lipinski definition) is 2. The molecule has 0 aromatic carbocycles. The Morgan fingerprint density at radius 1 is 1.42 bits per heavy atom. The van der Waals surface area contributed by atoms with Crippen molar-refractivity contribution in [3.05, 3.63) is 12.2 Å². The van der Waals surface area contributed by atoms with Gasteiger partial charge in [0.2, 0.25) is 15.9 Å². The van der Waals surface area contributed by atoms with Crippen LogP contribution in [0.2, 0.25) is 0 Å². The molecule has 1 amide bonds. The summed E-state index contributed by atoms with van der Waals surface area (Å²) >= 11 is 0. The van der Waals surface area contributed by atoms with Crippen LogP contribution in [0.5, 0.6) is 0 Å². The number of hydrogen-bond acceptors (Lipinski definition) is 4. The van der Waals surface area contributed by atoms with Gasteiger partial charge in [-0.3, -0.25) is 4.79 Å². The quantitative estimate of drug-likeness (QED) is 0.659. The summed E-state index contributed by atoms with van der Waals surface area (Å²) in [4.78, 5) is 23.6. The Morgan fingerprint density at radius 2 is 2.11 bits per heavy atom. The lowest BCUT2D eigenvalue weighted by Gasteiger charge is -2.32. The van der Waals surface area contributed by atoms with Gasteiger partial charge in [-0.25, -0.2) is 17.9 Å². The van der Waals surface area contributed by atoms with Crippen molar-refractivity contribution in [1.29, 1.82) is 0 Å². The molecule has 1 fully saturated rings. The summed E-state index contributed by atoms with van der Waals surface area (Å²) in [5.74, 6) is -1.46. The van der Waals surface area contributed by atoms with Gasteiger partial charge >= 0.3 is 5.97 Å². The molecule has 8 heteroatoms. The third-order valence-electron chi connectivity index (χ3n) is 2.83. The molecule has 2 N–H and O–H groups in total. The van der Waals surface area contributed by atoms with Crippen molar-refractivity contribution in [3.63, 3.8) is 0 Å². The van der Waals surface area contributed by atoms with Gasteiger partial charge in [0, 0.05) is 31.8 Å². The molecule has 1 aliphatic rings. The lowest BCUT2D eigenvalue weighted by Crippen LogP contribution is -2.43. The van der Waals surface area contributed by atoms with Gasteiger partial charge in [-0.15, -0.1) is 0 Å². The Hall–Kier alpha value is -1.41. The highest BCUT2D eigenvalue weighted by Crippen LogP contribution is 2.16. The van der Waals surface area contributed by atoms with Crippen LogP contribution in [-0.2, 0) is 19.6 Å². The number of carbonyl (C=O) groups is 2. The zero-order valence-corrected chi connectivity index (χ0v) is 11.5. The zero-order chi connectivity index (χ0) is 14.5. The Kier molecular flexibility index (Phi) is 5.49. The maximum Gasteiger partial charge on any atom is 0.328 e. The summed E-state index contributed by atoms with van der Waals surface area (Å²) in [5.41, 5.74) is 0. The van der Waals surface area contributed by atoms with E-state index < -0.39 is 16.0 Å². The first-order valence-electron chi connectivity index (χ1n) is 5.92. The maximum atomic E-state index is 11.7. The van der Waals surface area contributed by atoms with Gasteiger partial charge in [-0.1, -0.05) is 0 Å². The smallest absolute Gasteiger partial charge is 0.328 e. The van der Waals surface area contributed by atoms with E-state index in [0.717, 1.165) is 31.2 Å². The fourth-order valence-electron chi connectivity index (χ4n) is 1.95. The first-order valence-corrected chi connectivity index (χ1v) is 7.81. The lowest BCUT2D eigenvalue weighted by molar-refractivity contribution is -0.132. The molecule has 7 nitrogen and oxygen atoms in total. The molecule has 1 rings (SSSR count). The fraction of sp³-hybridized carbons (Fsp3) is 0.636. The molecular formula is C11H18N2O5S. The van der Waals surface area contributed by atoms with Gasteiger partial charge in [0.1, 0.15) is 0 Å². The Morgan fingerprint density at radius 3 is 2.68 bits per heavy atom. The van der Waals surface area contributed by atoms with E-state index >= 15 is 0 Å². The van der Waals surface area contributed by atoms with Crippen LogP contribution in [-0.4, -0.2) is 56.2 Å². The number of aliphatic carboxylic acids is 1. The predicted molar refractivity (Wildman–Crippen MR) is 68.9 cm³/mol. The number of carboxylic acid groups (broad SMARTS) is 1. The van der Waals surface area contributed by atoms with Crippen LogP contribution in [0.4, 0.5) is 0 Å². The predicted octanol–water partition coefficient (Wildman–Crippen LogP) is -0.585. The first-order chi connectivity index (χ1) is 8.78. The van der Waals surface area contributed by atoms with Gasteiger partial charge < -0.3 is 10.0 Å². The molecular weight excluding hydrogens is 272 g/mol. The fourth-order valence-corrected chi connectivity index (χ4v) is 2.49. The summed E-state index contributed by atoms with van der Waals surface area (Å²) in [7, 11) is -3.23. The average Bonchev–Trinajstić information content (AvgIpc) is 2.33. The molecule has 0 spiro atoms. The van der Waals surface area contributed by atoms with Crippen LogP contribution in [0, 0.1) is 5.92 Å². The van der Waals surface area contributed by atoms with Gasteiger partial charge in [-0.2, -0.15) is 0 Å². The van der Waals surface area contributed by atoms with E-state index in [1.54, 1.807) is 0 Å². The maximum absolute atomic E-state index is 11.7. The minimum Gasteiger partial charge on any atom is -0.478 e. The number of carboxylic acids is 1.